The Hall–Kier alpha value is -3.04. The smallest absolute Gasteiger partial charge is 0.213 e. The lowest BCUT2D eigenvalue weighted by Gasteiger charge is -2.09. The first kappa shape index (κ1) is 19.0. The summed E-state index contributed by atoms with van der Waals surface area (Å²) in [5.74, 6) is 1.58. The molecular formula is C21H16FN3O3S2. The minimum absolute atomic E-state index is 0.277. The first-order chi connectivity index (χ1) is 14.6. The molecule has 0 bridgehead atoms. The van der Waals surface area contributed by atoms with Gasteiger partial charge >= 0.3 is 0 Å². The molecule has 0 radical (unpaired) electrons. The molecule has 0 spiro atoms. The maximum Gasteiger partial charge on any atom is 0.213 e. The van der Waals surface area contributed by atoms with Crippen molar-refractivity contribution in [3.05, 3.63) is 60.0 Å². The second-order valence-electron chi connectivity index (χ2n) is 6.49. The molecule has 152 valence electrons. The van der Waals surface area contributed by atoms with Crippen LogP contribution < -0.4 is 9.47 Å². The Balaban J connectivity index is 1.50. The number of rotatable bonds is 6. The molecule has 5 aromatic rings. The van der Waals surface area contributed by atoms with Crippen molar-refractivity contribution in [3.63, 3.8) is 0 Å². The van der Waals surface area contributed by atoms with Crippen molar-refractivity contribution in [1.82, 2.24) is 14.6 Å². The van der Waals surface area contributed by atoms with E-state index in [4.69, 9.17) is 13.9 Å². The number of methoxy groups -OCH3 is 1. The quantitative estimate of drug-likeness (QED) is 0.317. The maximum atomic E-state index is 13.1. The summed E-state index contributed by atoms with van der Waals surface area (Å²) in [7, 11) is 1.59. The van der Waals surface area contributed by atoms with E-state index in [1.807, 2.05) is 30.7 Å². The second kappa shape index (κ2) is 7.66. The Labute approximate surface area is 179 Å². The summed E-state index contributed by atoms with van der Waals surface area (Å²) in [5, 5.41) is 5.28. The van der Waals surface area contributed by atoms with Crippen LogP contribution in [-0.2, 0) is 6.61 Å². The molecule has 0 aliphatic heterocycles. The fourth-order valence-electron chi connectivity index (χ4n) is 3.07. The number of ether oxygens (including phenoxy) is 2. The number of thioether (sulfide) groups is 1. The maximum absolute atomic E-state index is 13.1. The van der Waals surface area contributed by atoms with Gasteiger partial charge in [0.1, 0.15) is 35.2 Å². The fourth-order valence-corrected chi connectivity index (χ4v) is 4.41. The molecule has 30 heavy (non-hydrogen) atoms. The van der Waals surface area contributed by atoms with Crippen molar-refractivity contribution in [2.75, 3.05) is 13.4 Å². The number of nitrogens with zero attached hydrogens (tertiary/aromatic N) is 3. The molecule has 5 rings (SSSR count). The minimum Gasteiger partial charge on any atom is -0.496 e. The van der Waals surface area contributed by atoms with E-state index >= 15 is 0 Å². The second-order valence-corrected chi connectivity index (χ2v) is 8.50. The monoisotopic (exact) mass is 441 g/mol. The van der Waals surface area contributed by atoms with Gasteiger partial charge in [-0.25, -0.2) is 13.9 Å². The van der Waals surface area contributed by atoms with Crippen LogP contribution in [0.15, 0.2) is 57.4 Å². The third-order valence-corrected chi connectivity index (χ3v) is 6.47. The Morgan fingerprint density at radius 1 is 1.20 bits per heavy atom. The molecule has 0 fully saturated rings. The minimum atomic E-state index is -0.277. The largest absolute Gasteiger partial charge is 0.496 e. The van der Waals surface area contributed by atoms with Crippen LogP contribution in [0.4, 0.5) is 4.39 Å². The Morgan fingerprint density at radius 3 is 2.77 bits per heavy atom. The average molecular weight is 442 g/mol. The summed E-state index contributed by atoms with van der Waals surface area (Å²) in [6, 6.07) is 11.7. The van der Waals surface area contributed by atoms with Gasteiger partial charge in [0, 0.05) is 12.1 Å². The standard InChI is InChI=1S/C21H16FN3O3S2/c1-26-14-7-17(27-11-12-3-5-13(22)6-4-12)15-9-19(28-18(15)8-14)16-10-25-20(23-16)30-21(24-25)29-2/h3-10H,11H2,1-2H3. The summed E-state index contributed by atoms with van der Waals surface area (Å²) in [6.07, 6.45) is 3.83. The zero-order valence-electron chi connectivity index (χ0n) is 16.1. The SMILES string of the molecule is COc1cc(OCc2ccc(F)cc2)c2cc(-c3cn4nc(SC)sc4n3)oc2c1. The molecule has 2 aromatic carbocycles. The van der Waals surface area contributed by atoms with Crippen molar-refractivity contribution in [2.24, 2.45) is 0 Å². The van der Waals surface area contributed by atoms with Crippen molar-refractivity contribution in [3.8, 4) is 23.0 Å². The number of benzene rings is 2. The van der Waals surface area contributed by atoms with E-state index in [0.717, 1.165) is 20.3 Å². The van der Waals surface area contributed by atoms with Gasteiger partial charge in [0.25, 0.3) is 0 Å². The molecular weight excluding hydrogens is 425 g/mol. The summed E-state index contributed by atoms with van der Waals surface area (Å²) >= 11 is 3.11. The zero-order chi connectivity index (χ0) is 20.7. The van der Waals surface area contributed by atoms with Crippen molar-refractivity contribution in [1.29, 1.82) is 0 Å². The lowest BCUT2D eigenvalue weighted by molar-refractivity contribution is 0.307. The van der Waals surface area contributed by atoms with Crippen molar-refractivity contribution in [2.45, 2.75) is 10.9 Å². The van der Waals surface area contributed by atoms with Crippen LogP contribution in [-0.4, -0.2) is 28.0 Å². The van der Waals surface area contributed by atoms with Gasteiger partial charge in [-0.3, -0.25) is 0 Å². The first-order valence-corrected chi connectivity index (χ1v) is 11.1. The molecule has 0 amide bonds. The predicted molar refractivity (Wildman–Crippen MR) is 115 cm³/mol. The van der Waals surface area contributed by atoms with Gasteiger partial charge in [-0.1, -0.05) is 35.2 Å². The van der Waals surface area contributed by atoms with E-state index < -0.39 is 0 Å². The topological polar surface area (TPSA) is 61.8 Å². The van der Waals surface area contributed by atoms with E-state index in [1.54, 1.807) is 35.5 Å². The van der Waals surface area contributed by atoms with E-state index in [-0.39, 0.29) is 5.82 Å². The van der Waals surface area contributed by atoms with Crippen LogP contribution in [0.25, 0.3) is 27.4 Å². The average Bonchev–Trinajstić information content (AvgIpc) is 3.45. The zero-order valence-corrected chi connectivity index (χ0v) is 17.7. The van der Waals surface area contributed by atoms with Crippen LogP contribution in [0.2, 0.25) is 0 Å². The molecule has 6 nitrogen and oxygen atoms in total. The van der Waals surface area contributed by atoms with Crippen LogP contribution in [0.3, 0.4) is 0 Å². The Morgan fingerprint density at radius 2 is 2.03 bits per heavy atom. The first-order valence-electron chi connectivity index (χ1n) is 9.02. The van der Waals surface area contributed by atoms with E-state index in [2.05, 4.69) is 10.1 Å². The van der Waals surface area contributed by atoms with Gasteiger partial charge in [0.15, 0.2) is 10.1 Å². The number of aromatic nitrogens is 3. The van der Waals surface area contributed by atoms with Gasteiger partial charge in [-0.15, -0.1) is 5.10 Å². The van der Waals surface area contributed by atoms with Crippen LogP contribution >= 0.6 is 23.1 Å². The summed E-state index contributed by atoms with van der Waals surface area (Å²) in [5.41, 5.74) is 2.19. The van der Waals surface area contributed by atoms with Crippen molar-refractivity contribution < 1.29 is 18.3 Å². The highest BCUT2D eigenvalue weighted by atomic mass is 32.2. The van der Waals surface area contributed by atoms with Gasteiger partial charge in [0.05, 0.1) is 18.7 Å². The molecule has 0 atom stereocenters. The Kier molecular flexibility index (Phi) is 4.84. The highest BCUT2D eigenvalue weighted by Crippen LogP contribution is 2.37. The number of halogens is 1. The highest BCUT2D eigenvalue weighted by Gasteiger charge is 2.17. The normalized spacial score (nSPS) is 11.4. The van der Waals surface area contributed by atoms with Gasteiger partial charge in [-0.05, 0) is 30.0 Å². The molecule has 0 saturated heterocycles. The Bertz CT molecular complexity index is 1310. The molecule has 3 aromatic heterocycles. The number of imidazole rings is 1. The molecule has 3 heterocycles. The predicted octanol–water partition coefficient (Wildman–Crippen LogP) is 5.65. The lowest BCUT2D eigenvalue weighted by atomic mass is 10.2. The van der Waals surface area contributed by atoms with Crippen LogP contribution in [0, 0.1) is 5.82 Å². The van der Waals surface area contributed by atoms with Crippen LogP contribution in [0.5, 0.6) is 11.5 Å². The fraction of sp³-hybridized carbons (Fsp3) is 0.143. The number of hydrogen-bond donors (Lipinski definition) is 0. The van der Waals surface area contributed by atoms with Gasteiger partial charge in [0.2, 0.25) is 4.96 Å². The molecule has 0 aliphatic carbocycles. The number of furan rings is 1. The third kappa shape index (κ3) is 3.50. The van der Waals surface area contributed by atoms with E-state index in [1.165, 1.54) is 23.5 Å². The highest BCUT2D eigenvalue weighted by molar-refractivity contribution is 8.00. The lowest BCUT2D eigenvalue weighted by Crippen LogP contribution is -1.96. The summed E-state index contributed by atoms with van der Waals surface area (Å²) in [6.45, 7) is 0.296. The summed E-state index contributed by atoms with van der Waals surface area (Å²) in [4.78, 5) is 5.43. The van der Waals surface area contributed by atoms with E-state index in [9.17, 15) is 4.39 Å². The molecule has 0 saturated carbocycles. The van der Waals surface area contributed by atoms with Crippen LogP contribution in [0.1, 0.15) is 5.56 Å². The van der Waals surface area contributed by atoms with Gasteiger partial charge in [-0.2, -0.15) is 0 Å². The molecule has 9 heteroatoms. The number of fused-ring (bicyclic) bond motifs is 2. The van der Waals surface area contributed by atoms with Crippen molar-refractivity contribution >= 4 is 39.0 Å². The molecule has 0 unspecified atom stereocenters. The molecule has 0 N–H and O–H groups in total. The third-order valence-electron chi connectivity index (χ3n) is 4.57. The van der Waals surface area contributed by atoms with Gasteiger partial charge < -0.3 is 13.9 Å². The molecule has 0 aliphatic rings. The summed E-state index contributed by atoms with van der Waals surface area (Å²) < 4.78 is 33.3. The number of hydrogen-bond acceptors (Lipinski definition) is 7. The van der Waals surface area contributed by atoms with E-state index in [0.29, 0.717) is 35.1 Å².